The molecule has 1 aliphatic carbocycles. The third kappa shape index (κ3) is 4.21. The molecule has 4 unspecified atom stereocenters. The smallest absolute Gasteiger partial charge is 0.337 e. The van der Waals surface area contributed by atoms with Gasteiger partial charge in [0.05, 0.1) is 31.8 Å². The van der Waals surface area contributed by atoms with Crippen molar-refractivity contribution in [3.8, 4) is 11.5 Å². The molecule has 8 nitrogen and oxygen atoms in total. The Morgan fingerprint density at radius 3 is 2.44 bits per heavy atom. The van der Waals surface area contributed by atoms with Gasteiger partial charge in [0.25, 0.3) is 0 Å². The largest absolute Gasteiger partial charge is 0.497 e. The van der Waals surface area contributed by atoms with Crippen LogP contribution in [0.4, 0.5) is 5.69 Å². The average molecular weight is 466 g/mol. The Hall–Kier alpha value is -3.52. The normalized spacial score (nSPS) is 25.9. The number of carbonyl (C=O) groups is 2. The third-order valence-corrected chi connectivity index (χ3v) is 6.79. The molecule has 178 valence electrons. The van der Waals surface area contributed by atoms with Crippen molar-refractivity contribution in [2.24, 2.45) is 11.8 Å². The Bertz CT molecular complexity index is 1080. The highest BCUT2D eigenvalue weighted by atomic mass is 16.5. The number of ether oxygens (including phenoxy) is 5. The molecular formula is C26H27NO7. The fourth-order valence-electron chi connectivity index (χ4n) is 4.96. The van der Waals surface area contributed by atoms with Gasteiger partial charge in [0.15, 0.2) is 0 Å². The maximum atomic E-state index is 13.3. The summed E-state index contributed by atoms with van der Waals surface area (Å²) in [7, 11) is 2.97. The highest BCUT2D eigenvalue weighted by Crippen LogP contribution is 2.41. The lowest BCUT2D eigenvalue weighted by Crippen LogP contribution is -2.57. The maximum Gasteiger partial charge on any atom is 0.337 e. The second-order valence-electron chi connectivity index (χ2n) is 8.67. The molecule has 1 saturated carbocycles. The van der Waals surface area contributed by atoms with Gasteiger partial charge in [-0.3, -0.25) is 4.79 Å². The number of allylic oxidation sites excluding steroid dienone is 1. The minimum Gasteiger partial charge on any atom is -0.497 e. The zero-order valence-electron chi connectivity index (χ0n) is 19.1. The average Bonchev–Trinajstić information content (AvgIpc) is 2.89. The van der Waals surface area contributed by atoms with E-state index in [1.54, 1.807) is 31.4 Å². The van der Waals surface area contributed by atoms with Crippen LogP contribution >= 0.6 is 0 Å². The first-order valence-electron chi connectivity index (χ1n) is 11.3. The Morgan fingerprint density at radius 2 is 1.74 bits per heavy atom. The van der Waals surface area contributed by atoms with Crippen LogP contribution in [0.2, 0.25) is 0 Å². The van der Waals surface area contributed by atoms with E-state index in [9.17, 15) is 9.59 Å². The molecular weight excluding hydrogens is 438 g/mol. The van der Waals surface area contributed by atoms with Crippen molar-refractivity contribution in [3.63, 3.8) is 0 Å². The molecule has 2 aliphatic heterocycles. The number of nitrogens with zero attached hydrogens (tertiary/aromatic N) is 1. The molecule has 3 aliphatic rings. The van der Waals surface area contributed by atoms with Crippen molar-refractivity contribution in [3.05, 3.63) is 66.1 Å². The number of carbonyl (C=O) groups excluding carboxylic acids is 2. The molecule has 2 fully saturated rings. The summed E-state index contributed by atoms with van der Waals surface area (Å²) in [6.07, 6.45) is 2.71. The number of rotatable bonds is 5. The quantitative estimate of drug-likeness (QED) is 0.620. The number of benzene rings is 2. The van der Waals surface area contributed by atoms with Crippen LogP contribution in [0.15, 0.2) is 60.6 Å². The van der Waals surface area contributed by atoms with Gasteiger partial charge in [-0.2, -0.15) is 0 Å². The summed E-state index contributed by atoms with van der Waals surface area (Å²) in [6.45, 7) is 1.25. The van der Waals surface area contributed by atoms with E-state index in [1.807, 2.05) is 24.3 Å². The van der Waals surface area contributed by atoms with Gasteiger partial charge in [-0.15, -0.1) is 0 Å². The molecule has 0 spiro atoms. The minimum absolute atomic E-state index is 0.0604. The van der Waals surface area contributed by atoms with Gasteiger partial charge in [0.1, 0.15) is 30.6 Å². The van der Waals surface area contributed by atoms with E-state index in [2.05, 4.69) is 4.90 Å². The van der Waals surface area contributed by atoms with Gasteiger partial charge in [-0.05, 0) is 61.4 Å². The van der Waals surface area contributed by atoms with E-state index in [-0.39, 0.29) is 35.6 Å². The highest BCUT2D eigenvalue weighted by molar-refractivity contribution is 5.96. The van der Waals surface area contributed by atoms with Crippen molar-refractivity contribution >= 4 is 17.4 Å². The summed E-state index contributed by atoms with van der Waals surface area (Å²) >= 11 is 0. The molecule has 0 aromatic heterocycles. The predicted octanol–water partition coefficient (Wildman–Crippen LogP) is 3.56. The molecule has 0 amide bonds. The molecule has 0 radical (unpaired) electrons. The first kappa shape index (κ1) is 22.3. The van der Waals surface area contributed by atoms with Crippen LogP contribution in [0.25, 0.3) is 0 Å². The van der Waals surface area contributed by atoms with Crippen LogP contribution in [0.3, 0.4) is 0 Å². The third-order valence-electron chi connectivity index (χ3n) is 6.79. The van der Waals surface area contributed by atoms with Crippen LogP contribution in [0.1, 0.15) is 23.2 Å². The topological polar surface area (TPSA) is 83.5 Å². The molecule has 2 heterocycles. The maximum absolute atomic E-state index is 13.3. The number of hydrogen-bond acceptors (Lipinski definition) is 8. The monoisotopic (exact) mass is 465 g/mol. The predicted molar refractivity (Wildman–Crippen MR) is 123 cm³/mol. The summed E-state index contributed by atoms with van der Waals surface area (Å²) in [4.78, 5) is 27.0. The molecule has 4 atom stereocenters. The van der Waals surface area contributed by atoms with Gasteiger partial charge in [-0.1, -0.05) is 0 Å². The van der Waals surface area contributed by atoms with E-state index in [0.29, 0.717) is 24.5 Å². The number of Topliss-reactive ketones (excluding diaryl/α,β-unsaturated/α-hetero) is 1. The fourth-order valence-corrected chi connectivity index (χ4v) is 4.96. The summed E-state index contributed by atoms with van der Waals surface area (Å²) in [6, 6.07) is 14.3. The lowest BCUT2D eigenvalue weighted by Gasteiger charge is -2.48. The van der Waals surface area contributed by atoms with Gasteiger partial charge in [0, 0.05) is 18.2 Å². The molecule has 0 bridgehead atoms. The molecule has 2 aromatic carbocycles. The first-order chi connectivity index (χ1) is 16.6. The summed E-state index contributed by atoms with van der Waals surface area (Å²) in [5, 5.41) is 0. The number of hydrogen-bond donors (Lipinski definition) is 0. The highest BCUT2D eigenvalue weighted by Gasteiger charge is 2.49. The lowest BCUT2D eigenvalue weighted by molar-refractivity contribution is -0.146. The molecule has 0 N–H and O–H groups in total. The second kappa shape index (κ2) is 9.38. The van der Waals surface area contributed by atoms with Crippen LogP contribution in [0, 0.1) is 11.8 Å². The molecule has 1 saturated heterocycles. The van der Waals surface area contributed by atoms with Gasteiger partial charge >= 0.3 is 5.97 Å². The zero-order chi connectivity index (χ0) is 23.7. The van der Waals surface area contributed by atoms with E-state index >= 15 is 0 Å². The Kier molecular flexibility index (Phi) is 6.15. The fraction of sp³-hybridized carbons (Fsp3) is 0.385. The van der Waals surface area contributed by atoms with Crippen molar-refractivity contribution < 1.29 is 33.3 Å². The molecule has 34 heavy (non-hydrogen) atoms. The van der Waals surface area contributed by atoms with Crippen LogP contribution < -0.4 is 14.4 Å². The number of ketones is 1. The molecule has 5 rings (SSSR count). The van der Waals surface area contributed by atoms with Crippen molar-refractivity contribution in [2.45, 2.75) is 25.0 Å². The van der Waals surface area contributed by atoms with Gasteiger partial charge in [-0.25, -0.2) is 4.79 Å². The summed E-state index contributed by atoms with van der Waals surface area (Å²) < 4.78 is 28.0. The number of fused-ring (bicyclic) bond motifs is 3. The minimum atomic E-state index is -0.430. The SMILES string of the molecule is COC(=O)c1ccc(OC2=COC3C(CCC4OCN(c5ccc(OC)cc5)CC43)C2=O)cc1. The Balaban J connectivity index is 1.29. The Labute approximate surface area is 198 Å². The van der Waals surface area contributed by atoms with Gasteiger partial charge < -0.3 is 28.6 Å². The van der Waals surface area contributed by atoms with E-state index in [4.69, 9.17) is 23.7 Å². The molecule has 8 heteroatoms. The van der Waals surface area contributed by atoms with E-state index < -0.39 is 5.97 Å². The first-order valence-corrected chi connectivity index (χ1v) is 11.3. The number of esters is 1. The Morgan fingerprint density at radius 1 is 1.00 bits per heavy atom. The number of methoxy groups -OCH3 is 2. The number of anilines is 1. The van der Waals surface area contributed by atoms with Crippen molar-refractivity contribution in [1.82, 2.24) is 0 Å². The van der Waals surface area contributed by atoms with Crippen molar-refractivity contribution in [2.75, 3.05) is 32.4 Å². The van der Waals surface area contributed by atoms with Gasteiger partial charge in [0.2, 0.25) is 11.5 Å². The van der Waals surface area contributed by atoms with Crippen LogP contribution in [-0.4, -0.2) is 51.5 Å². The summed E-state index contributed by atoms with van der Waals surface area (Å²) in [5.74, 6) is 0.722. The van der Waals surface area contributed by atoms with Crippen molar-refractivity contribution in [1.29, 1.82) is 0 Å². The standard InChI is InChI=1S/C26H27NO7/c1-30-18-9-5-17(6-10-18)27-13-21-22(33-15-27)12-11-20-24(28)23(14-32-25(20)21)34-19-7-3-16(4-8-19)26(29)31-2/h3-10,14,20-22,25H,11-13,15H2,1-2H3. The van der Waals surface area contributed by atoms with E-state index in [0.717, 1.165) is 24.4 Å². The van der Waals surface area contributed by atoms with Crippen LogP contribution in [0.5, 0.6) is 11.5 Å². The molecule has 2 aromatic rings. The zero-order valence-corrected chi connectivity index (χ0v) is 19.1. The second-order valence-corrected chi connectivity index (χ2v) is 8.67. The summed E-state index contributed by atoms with van der Waals surface area (Å²) in [5.41, 5.74) is 1.45. The van der Waals surface area contributed by atoms with E-state index in [1.165, 1.54) is 13.4 Å². The van der Waals surface area contributed by atoms with Crippen LogP contribution in [-0.2, 0) is 19.0 Å². The lowest BCUT2D eigenvalue weighted by atomic mass is 9.73.